The van der Waals surface area contributed by atoms with Crippen LogP contribution in [-0.2, 0) is 27.9 Å². The number of carbonyl (C=O) groups excluding carboxylic acids is 2. The SMILES string of the molecule is CC/C=C\C/C=C\C/C=C\C/C=C\C/C=C\C/C=C\CCCCCCC(=O)NC(COP(=O)([O-])OCC[N+](C)(C)C)C(/C=C\CCCCCCCCCCCCC)OC(=O)CCC/C=C\C/C=C\C/C=C\C/C=C\C/C=C\CC. The van der Waals surface area contributed by atoms with Crippen LogP contribution in [0.25, 0.3) is 0 Å². The van der Waals surface area contributed by atoms with E-state index in [0.717, 1.165) is 122 Å². The Hall–Kier alpha value is -4.11. The summed E-state index contributed by atoms with van der Waals surface area (Å²) >= 11 is 0. The molecule has 0 bridgehead atoms. The van der Waals surface area contributed by atoms with Crippen molar-refractivity contribution in [3.63, 3.8) is 0 Å². The van der Waals surface area contributed by atoms with E-state index in [4.69, 9.17) is 13.8 Å². The molecule has 10 heteroatoms. The minimum Gasteiger partial charge on any atom is -0.756 e. The number of carbonyl (C=O) groups is 2. The Morgan fingerprint density at radius 1 is 0.456 bits per heavy atom. The van der Waals surface area contributed by atoms with Crippen molar-refractivity contribution >= 4 is 19.7 Å². The summed E-state index contributed by atoms with van der Waals surface area (Å²) in [6, 6.07) is -0.937. The topological polar surface area (TPSA) is 114 Å². The largest absolute Gasteiger partial charge is 0.756 e. The second-order valence-corrected chi connectivity index (χ2v) is 22.9. The van der Waals surface area contributed by atoms with Gasteiger partial charge in [0, 0.05) is 12.8 Å². The van der Waals surface area contributed by atoms with Gasteiger partial charge in [-0.25, -0.2) is 0 Å². The third kappa shape index (κ3) is 58.4. The first kappa shape index (κ1) is 74.9. The Morgan fingerprint density at radius 2 is 0.823 bits per heavy atom. The van der Waals surface area contributed by atoms with Crippen LogP contribution in [0.3, 0.4) is 0 Å². The van der Waals surface area contributed by atoms with Crippen molar-refractivity contribution in [2.75, 3.05) is 40.9 Å². The molecule has 3 unspecified atom stereocenters. The number of phosphoric acid groups is 1. The lowest BCUT2D eigenvalue weighted by atomic mass is 10.0. The fraction of sp³-hybridized carbons (Fsp3) is 0.623. The van der Waals surface area contributed by atoms with Crippen molar-refractivity contribution in [1.29, 1.82) is 0 Å². The van der Waals surface area contributed by atoms with Crippen LogP contribution in [0, 0.1) is 0 Å². The second kappa shape index (κ2) is 57.1. The number of allylic oxidation sites excluding steroid dienone is 23. The third-order valence-corrected chi connectivity index (χ3v) is 13.7. The highest BCUT2D eigenvalue weighted by Crippen LogP contribution is 2.38. The number of amides is 1. The van der Waals surface area contributed by atoms with Crippen LogP contribution in [0.15, 0.2) is 146 Å². The molecular formula is C69H115N2O7P. The first-order chi connectivity index (χ1) is 38.4. The van der Waals surface area contributed by atoms with Crippen LogP contribution in [0.2, 0.25) is 0 Å². The number of unbranched alkanes of at least 4 members (excludes halogenated alkanes) is 16. The summed E-state index contributed by atoms with van der Waals surface area (Å²) in [5.74, 6) is -0.650. The van der Waals surface area contributed by atoms with Gasteiger partial charge in [-0.05, 0) is 122 Å². The summed E-state index contributed by atoms with van der Waals surface area (Å²) < 4.78 is 30.3. The number of rotatable bonds is 54. The number of ether oxygens (including phenoxy) is 1. The van der Waals surface area contributed by atoms with E-state index >= 15 is 0 Å². The summed E-state index contributed by atoms with van der Waals surface area (Å²) in [5, 5.41) is 3.00. The van der Waals surface area contributed by atoms with E-state index in [1.807, 2.05) is 27.2 Å². The molecule has 0 saturated carbocycles. The van der Waals surface area contributed by atoms with E-state index in [0.29, 0.717) is 23.9 Å². The highest BCUT2D eigenvalue weighted by Gasteiger charge is 2.27. The number of quaternary nitrogens is 1. The van der Waals surface area contributed by atoms with Crippen LogP contribution >= 0.6 is 7.82 Å². The molecule has 0 aliphatic carbocycles. The zero-order valence-corrected chi connectivity index (χ0v) is 51.9. The van der Waals surface area contributed by atoms with Gasteiger partial charge in [-0.3, -0.25) is 14.2 Å². The fourth-order valence-corrected chi connectivity index (χ4v) is 8.75. The number of esters is 1. The van der Waals surface area contributed by atoms with Crippen molar-refractivity contribution in [3.8, 4) is 0 Å². The molecule has 0 radical (unpaired) electrons. The molecule has 0 saturated heterocycles. The monoisotopic (exact) mass is 1110 g/mol. The summed E-state index contributed by atoms with van der Waals surface area (Å²) in [7, 11) is 1.11. The van der Waals surface area contributed by atoms with E-state index in [1.165, 1.54) is 57.8 Å². The molecule has 0 rings (SSSR count). The number of phosphoric ester groups is 1. The first-order valence-corrected chi connectivity index (χ1v) is 32.6. The minimum absolute atomic E-state index is 0.0451. The van der Waals surface area contributed by atoms with Crippen LogP contribution in [0.4, 0.5) is 0 Å². The normalized spacial score (nSPS) is 14.7. The molecule has 79 heavy (non-hydrogen) atoms. The maximum atomic E-state index is 13.5. The fourth-order valence-electron chi connectivity index (χ4n) is 8.03. The highest BCUT2D eigenvalue weighted by molar-refractivity contribution is 7.45. The van der Waals surface area contributed by atoms with Gasteiger partial charge >= 0.3 is 5.97 Å². The van der Waals surface area contributed by atoms with Gasteiger partial charge in [0.05, 0.1) is 33.8 Å². The zero-order chi connectivity index (χ0) is 57.9. The van der Waals surface area contributed by atoms with Crippen LogP contribution in [0.1, 0.15) is 226 Å². The maximum absolute atomic E-state index is 13.5. The van der Waals surface area contributed by atoms with E-state index < -0.39 is 32.5 Å². The number of nitrogens with one attached hydrogen (secondary N) is 1. The molecule has 1 amide bonds. The van der Waals surface area contributed by atoms with Crippen molar-refractivity contribution in [3.05, 3.63) is 146 Å². The first-order valence-electron chi connectivity index (χ1n) is 31.1. The van der Waals surface area contributed by atoms with E-state index in [9.17, 15) is 19.0 Å². The molecule has 3 atom stereocenters. The smallest absolute Gasteiger partial charge is 0.306 e. The number of hydrogen-bond acceptors (Lipinski definition) is 7. The van der Waals surface area contributed by atoms with Crippen LogP contribution in [-0.4, -0.2) is 69.4 Å². The van der Waals surface area contributed by atoms with Gasteiger partial charge in [0.1, 0.15) is 19.3 Å². The molecule has 1 N–H and O–H groups in total. The summed E-state index contributed by atoms with van der Waals surface area (Å²) in [5.41, 5.74) is 0. The van der Waals surface area contributed by atoms with Gasteiger partial charge in [0.2, 0.25) is 5.91 Å². The molecule has 0 spiro atoms. The average molecular weight is 1120 g/mol. The lowest BCUT2D eigenvalue weighted by molar-refractivity contribution is -0.870. The molecule has 0 aromatic rings. The maximum Gasteiger partial charge on any atom is 0.306 e. The molecule has 448 valence electrons. The van der Waals surface area contributed by atoms with Gasteiger partial charge in [-0.2, -0.15) is 0 Å². The molecule has 9 nitrogen and oxygen atoms in total. The Balaban J connectivity index is 5.42. The van der Waals surface area contributed by atoms with E-state index in [1.54, 1.807) is 6.08 Å². The predicted molar refractivity (Wildman–Crippen MR) is 339 cm³/mol. The molecular weight excluding hydrogens is 1000 g/mol. The van der Waals surface area contributed by atoms with Crippen molar-refractivity contribution in [2.24, 2.45) is 0 Å². The molecule has 0 aromatic carbocycles. The predicted octanol–water partition coefficient (Wildman–Crippen LogP) is 18.8. The second-order valence-electron chi connectivity index (χ2n) is 21.4. The summed E-state index contributed by atoms with van der Waals surface area (Å²) in [6.07, 6.45) is 82.5. The average Bonchev–Trinajstić information content (AvgIpc) is 3.41. The van der Waals surface area contributed by atoms with Crippen molar-refractivity contribution < 1.29 is 37.3 Å². The van der Waals surface area contributed by atoms with Gasteiger partial charge in [0.25, 0.3) is 7.82 Å². The van der Waals surface area contributed by atoms with Gasteiger partial charge < -0.3 is 28.5 Å². The Bertz CT molecular complexity index is 1860. The minimum atomic E-state index is -4.73. The van der Waals surface area contributed by atoms with Crippen LogP contribution < -0.4 is 10.2 Å². The van der Waals surface area contributed by atoms with Gasteiger partial charge in [-0.1, -0.05) is 238 Å². The lowest BCUT2D eigenvalue weighted by Crippen LogP contribution is -2.47. The van der Waals surface area contributed by atoms with E-state index in [-0.39, 0.29) is 25.4 Å². The molecule has 0 aromatic heterocycles. The van der Waals surface area contributed by atoms with Gasteiger partial charge in [0.15, 0.2) is 0 Å². The Kier molecular flexibility index (Phi) is 54.2. The van der Waals surface area contributed by atoms with Gasteiger partial charge in [-0.15, -0.1) is 0 Å². The number of hydrogen-bond donors (Lipinski definition) is 1. The molecule has 0 fully saturated rings. The zero-order valence-electron chi connectivity index (χ0n) is 51.0. The number of likely N-dealkylation sites (N-methyl/N-ethyl adjacent to an activating group) is 1. The number of nitrogens with zero attached hydrogens (tertiary/aromatic N) is 1. The molecule has 0 aliphatic rings. The van der Waals surface area contributed by atoms with Crippen molar-refractivity contribution in [1.82, 2.24) is 5.32 Å². The third-order valence-electron chi connectivity index (χ3n) is 12.8. The van der Waals surface area contributed by atoms with Crippen LogP contribution in [0.5, 0.6) is 0 Å². The lowest BCUT2D eigenvalue weighted by Gasteiger charge is -2.30. The highest BCUT2D eigenvalue weighted by atomic mass is 31.2. The molecule has 0 heterocycles. The molecule has 0 aliphatic heterocycles. The van der Waals surface area contributed by atoms with Crippen molar-refractivity contribution in [2.45, 2.75) is 238 Å². The standard InChI is InChI=1S/C69H115N2O7P/c1-7-10-13-16-19-22-25-28-30-32-33-34-35-36-37-39-40-43-46-49-52-55-58-61-68(72)70-66(65-77-79(74,75)76-64-63-71(4,5)6)67(60-57-54-51-48-45-42-27-24-21-18-15-12-9-3)78-69(73)62-59-56-53-50-47-44-41-38-31-29-26-23-20-17-14-11-8-2/h10-11,13-14,19-20,22-23,28-31,33-34,36-37,40-41,43-44,50,53,57,60,66-67H,7-9,12,15-18,21,24-27,32,35,38-39,42,45-49,51-52,54-56,58-59,61-65H2,1-6H3,(H-,70,72,74,75)/b13-10-,14-11-,22-19-,23-20-,30-28-,31-29-,34-33-,37-36-,43-40-,44-41-,53-50-,60-57-. The summed E-state index contributed by atoms with van der Waals surface area (Å²) in [6.45, 7) is 6.53. The van der Waals surface area contributed by atoms with E-state index in [2.05, 4.69) is 160 Å². The summed E-state index contributed by atoms with van der Waals surface area (Å²) in [4.78, 5) is 40.0. The quantitative estimate of drug-likeness (QED) is 0.0212. The Morgan fingerprint density at radius 3 is 1.24 bits per heavy atom. The Labute approximate surface area is 485 Å².